The number of hydrogen-bond acceptors (Lipinski definition) is 4. The molecule has 0 spiro atoms. The number of nitrogens with zero attached hydrogens (tertiary/aromatic N) is 4. The molecule has 0 aliphatic rings. The Labute approximate surface area is 445 Å². The van der Waals surface area contributed by atoms with Crippen LogP contribution in [-0.4, -0.2) is 19.1 Å². The zero-order valence-electron chi connectivity index (χ0n) is 40.9. The Morgan fingerprint density at radius 2 is 0.579 bits per heavy atom. The molecule has 0 unspecified atom stereocenters. The third-order valence-electron chi connectivity index (χ3n) is 15.3. The first-order valence-corrected chi connectivity index (χ1v) is 27.3. The van der Waals surface area contributed by atoms with Crippen LogP contribution in [0.5, 0.6) is 0 Å². The monoisotopic (exact) mass is 1000 g/mol. The zero-order chi connectivity index (χ0) is 49.8. The van der Waals surface area contributed by atoms with Crippen LogP contribution in [0.1, 0.15) is 0 Å². The van der Waals surface area contributed by atoms with Crippen molar-refractivity contribution in [2.75, 3.05) is 0 Å². The third-order valence-corrected chi connectivity index (χ3v) is 17.6. The Kier molecular flexibility index (Phi) is 9.64. The van der Waals surface area contributed by atoms with E-state index in [0.717, 1.165) is 72.6 Å². The average Bonchev–Trinajstić information content (AvgIpc) is 4.29. The van der Waals surface area contributed by atoms with Gasteiger partial charge in [-0.15, -0.1) is 22.7 Å². The van der Waals surface area contributed by atoms with Crippen molar-refractivity contribution in [3.63, 3.8) is 0 Å². The predicted molar refractivity (Wildman–Crippen MR) is 324 cm³/mol. The maximum atomic E-state index is 5.55. The van der Waals surface area contributed by atoms with Crippen LogP contribution >= 0.6 is 22.7 Å². The van der Waals surface area contributed by atoms with E-state index in [4.69, 9.17) is 9.97 Å². The summed E-state index contributed by atoms with van der Waals surface area (Å²) in [5.74, 6) is 0.665. The summed E-state index contributed by atoms with van der Waals surface area (Å²) in [6.45, 7) is 0. The smallest absolute Gasteiger partial charge is 0.160 e. The van der Waals surface area contributed by atoms with Crippen molar-refractivity contribution in [3.8, 4) is 67.5 Å². The predicted octanol–water partition coefficient (Wildman–Crippen LogP) is 19.7. The highest BCUT2D eigenvalue weighted by Crippen LogP contribution is 2.41. The fourth-order valence-corrected chi connectivity index (χ4v) is 13.9. The quantitative estimate of drug-likeness (QED) is 0.159. The van der Waals surface area contributed by atoms with Crippen molar-refractivity contribution in [2.45, 2.75) is 0 Å². The lowest BCUT2D eigenvalue weighted by Crippen LogP contribution is -2.01. The van der Waals surface area contributed by atoms with Gasteiger partial charge in [0.15, 0.2) is 5.82 Å². The molecule has 0 saturated heterocycles. The topological polar surface area (TPSA) is 35.6 Å². The lowest BCUT2D eigenvalue weighted by Gasteiger charge is -2.16. The number of hydrogen-bond donors (Lipinski definition) is 0. The molecule has 4 nitrogen and oxygen atoms in total. The second kappa shape index (κ2) is 17.0. The number of benzene rings is 11. The fourth-order valence-electron chi connectivity index (χ4n) is 11.7. The third kappa shape index (κ3) is 6.89. The van der Waals surface area contributed by atoms with E-state index in [1.807, 2.05) is 22.7 Å². The Balaban J connectivity index is 0.891. The SMILES string of the molecule is c1ccc2c(c1)sc1ccc(-c3ccc(-c4cc(-c5cc(-n6c7ccccc7c7ccccc76)cc(-n6c7ccccc7c7ccccc76)c5)nc(-c5ccc(-c6ccc7sc8ccccc8c7c6)cc5)n4)cc3)cc12. The fraction of sp³-hybridized carbons (Fsp3) is 0. The average molecular weight is 1000 g/mol. The van der Waals surface area contributed by atoms with Gasteiger partial charge in [-0.25, -0.2) is 9.97 Å². The van der Waals surface area contributed by atoms with E-state index in [1.54, 1.807) is 0 Å². The van der Waals surface area contributed by atoms with E-state index in [0.29, 0.717) is 5.82 Å². The van der Waals surface area contributed by atoms with Gasteiger partial charge in [0, 0.05) is 90.0 Å². The number of para-hydroxylation sites is 4. The number of rotatable bonds is 7. The Morgan fingerprint density at radius 3 is 1.03 bits per heavy atom. The summed E-state index contributed by atoms with van der Waals surface area (Å²) < 4.78 is 10.1. The number of fused-ring (bicyclic) bond motifs is 12. The van der Waals surface area contributed by atoms with Gasteiger partial charge < -0.3 is 9.13 Å². The molecule has 354 valence electrons. The second-order valence-corrected chi connectivity index (χ2v) is 21.9. The lowest BCUT2D eigenvalue weighted by molar-refractivity contribution is 1.13. The van der Waals surface area contributed by atoms with Gasteiger partial charge >= 0.3 is 0 Å². The van der Waals surface area contributed by atoms with Gasteiger partial charge in [0.05, 0.1) is 33.5 Å². The molecule has 5 aromatic heterocycles. The molecule has 0 saturated carbocycles. The summed E-state index contributed by atoms with van der Waals surface area (Å²) in [6.07, 6.45) is 0. The van der Waals surface area contributed by atoms with E-state index in [9.17, 15) is 0 Å². The molecular formula is C70H42N4S2. The van der Waals surface area contributed by atoms with Crippen molar-refractivity contribution in [3.05, 3.63) is 255 Å². The molecule has 0 fully saturated rings. The largest absolute Gasteiger partial charge is 0.309 e. The highest BCUT2D eigenvalue weighted by Gasteiger charge is 2.20. The highest BCUT2D eigenvalue weighted by molar-refractivity contribution is 7.26. The first-order chi connectivity index (χ1) is 37.6. The van der Waals surface area contributed by atoms with Crippen LogP contribution in [0, 0.1) is 0 Å². The van der Waals surface area contributed by atoms with E-state index in [1.165, 1.54) is 73.0 Å². The van der Waals surface area contributed by atoms with Gasteiger partial charge in [0.1, 0.15) is 0 Å². The van der Waals surface area contributed by atoms with Gasteiger partial charge in [-0.1, -0.05) is 170 Å². The van der Waals surface area contributed by atoms with Crippen molar-refractivity contribution < 1.29 is 0 Å². The molecule has 0 aliphatic heterocycles. The van der Waals surface area contributed by atoms with Crippen LogP contribution in [0.2, 0.25) is 0 Å². The van der Waals surface area contributed by atoms with Crippen molar-refractivity contribution in [1.29, 1.82) is 0 Å². The molecule has 0 amide bonds. The minimum Gasteiger partial charge on any atom is -0.309 e. The Bertz CT molecular complexity index is 4580. The highest BCUT2D eigenvalue weighted by atomic mass is 32.1. The van der Waals surface area contributed by atoms with Gasteiger partial charge in [-0.3, -0.25) is 0 Å². The first-order valence-electron chi connectivity index (χ1n) is 25.7. The molecule has 0 atom stereocenters. The summed E-state index contributed by atoms with van der Waals surface area (Å²) in [7, 11) is 0. The van der Waals surface area contributed by atoms with Crippen LogP contribution in [0.25, 0.3) is 151 Å². The van der Waals surface area contributed by atoms with Crippen LogP contribution in [-0.2, 0) is 0 Å². The first kappa shape index (κ1) is 43.0. The van der Waals surface area contributed by atoms with Gasteiger partial charge in [-0.2, -0.15) is 0 Å². The molecule has 5 heterocycles. The molecule has 0 radical (unpaired) electrons. The molecule has 76 heavy (non-hydrogen) atoms. The molecular weight excluding hydrogens is 961 g/mol. The molecule has 0 aliphatic carbocycles. The minimum atomic E-state index is 0.665. The summed E-state index contributed by atoms with van der Waals surface area (Å²) in [4.78, 5) is 11.0. The van der Waals surface area contributed by atoms with Gasteiger partial charge in [-0.05, 0) is 107 Å². The summed E-state index contributed by atoms with van der Waals surface area (Å²) in [5, 5.41) is 10.0. The van der Waals surface area contributed by atoms with E-state index >= 15 is 0 Å². The summed E-state index contributed by atoms with van der Waals surface area (Å²) >= 11 is 3.70. The maximum absolute atomic E-state index is 5.55. The molecule has 0 bridgehead atoms. The second-order valence-electron chi connectivity index (χ2n) is 19.7. The van der Waals surface area contributed by atoms with Crippen molar-refractivity contribution in [2.24, 2.45) is 0 Å². The van der Waals surface area contributed by atoms with E-state index in [-0.39, 0.29) is 0 Å². The standard InChI is InChI=1S/C70H42N4S2/c1-7-19-62-52(13-1)53-14-2-8-20-63(53)73(62)50-37-49(38-51(41-50)74-64-21-9-3-15-54(64)55-16-4-10-22-65(55)74)61-42-60(45-29-25-43(26-30-45)47-33-35-68-58(39-47)56-17-5-11-23-66(56)75-68)71-70(72-61)46-31-27-44(28-32-46)48-34-36-69-59(40-48)57-18-6-12-24-67(57)76-69/h1-42H. The van der Waals surface area contributed by atoms with E-state index in [2.05, 4.69) is 264 Å². The maximum Gasteiger partial charge on any atom is 0.160 e. The lowest BCUT2D eigenvalue weighted by atomic mass is 9.99. The zero-order valence-corrected chi connectivity index (χ0v) is 42.5. The number of thiophene rings is 2. The Morgan fingerprint density at radius 1 is 0.237 bits per heavy atom. The molecule has 6 heteroatoms. The molecule has 0 N–H and O–H groups in total. The van der Waals surface area contributed by atoms with Crippen LogP contribution in [0.4, 0.5) is 0 Å². The molecule has 11 aromatic carbocycles. The van der Waals surface area contributed by atoms with Crippen molar-refractivity contribution >= 4 is 107 Å². The minimum absolute atomic E-state index is 0.665. The van der Waals surface area contributed by atoms with Crippen LogP contribution in [0.15, 0.2) is 255 Å². The van der Waals surface area contributed by atoms with E-state index < -0.39 is 0 Å². The van der Waals surface area contributed by atoms with Crippen molar-refractivity contribution in [1.82, 2.24) is 19.1 Å². The summed E-state index contributed by atoms with van der Waals surface area (Å²) in [5.41, 5.74) is 16.0. The Hall–Kier alpha value is -9.46. The molecule has 16 rings (SSSR count). The molecule has 16 aromatic rings. The van der Waals surface area contributed by atoms with Gasteiger partial charge in [0.2, 0.25) is 0 Å². The van der Waals surface area contributed by atoms with Crippen LogP contribution in [0.3, 0.4) is 0 Å². The summed E-state index contributed by atoms with van der Waals surface area (Å²) in [6, 6.07) is 92.9. The normalized spacial score (nSPS) is 11.9. The number of aromatic nitrogens is 4. The van der Waals surface area contributed by atoms with Crippen LogP contribution < -0.4 is 0 Å². The van der Waals surface area contributed by atoms with Gasteiger partial charge in [0.25, 0.3) is 0 Å².